The van der Waals surface area contributed by atoms with E-state index in [1.165, 1.54) is 77.8 Å². The number of benzene rings is 2. The maximum absolute atomic E-state index is 2.59. The molecule has 128 valence electrons. The van der Waals surface area contributed by atoms with Gasteiger partial charge in [0.2, 0.25) is 0 Å². The minimum Gasteiger partial charge on any atom is -0.372 e. The molecule has 0 amide bonds. The van der Waals surface area contributed by atoms with Gasteiger partial charge in [-0.15, -0.1) is 0 Å². The molecule has 1 heteroatoms. The molecule has 1 aliphatic carbocycles. The Hall–Kier alpha value is -1.76. The molecule has 0 saturated carbocycles. The Balaban J connectivity index is 1.95. The van der Waals surface area contributed by atoms with Crippen LogP contribution in [0, 0.1) is 13.8 Å². The first-order valence-corrected chi connectivity index (χ1v) is 9.62. The number of rotatable bonds is 7. The van der Waals surface area contributed by atoms with Crippen LogP contribution in [0.3, 0.4) is 0 Å². The lowest BCUT2D eigenvalue weighted by molar-refractivity contribution is 0.678. The normalized spacial score (nSPS) is 12.2. The van der Waals surface area contributed by atoms with Gasteiger partial charge in [-0.25, -0.2) is 0 Å². The van der Waals surface area contributed by atoms with Crippen molar-refractivity contribution in [3.63, 3.8) is 0 Å². The van der Waals surface area contributed by atoms with Gasteiger partial charge in [-0.3, -0.25) is 0 Å². The van der Waals surface area contributed by atoms with Crippen LogP contribution in [-0.4, -0.2) is 13.1 Å². The fraction of sp³-hybridized carbons (Fsp3) is 0.478. The van der Waals surface area contributed by atoms with Crippen molar-refractivity contribution in [2.24, 2.45) is 0 Å². The largest absolute Gasteiger partial charge is 0.372 e. The quantitative estimate of drug-likeness (QED) is 0.495. The van der Waals surface area contributed by atoms with Gasteiger partial charge in [0, 0.05) is 18.8 Å². The van der Waals surface area contributed by atoms with Gasteiger partial charge in [0.25, 0.3) is 0 Å². The summed E-state index contributed by atoms with van der Waals surface area (Å²) in [6, 6.07) is 11.9. The number of aryl methyl sites for hydroxylation is 2. The monoisotopic (exact) mass is 321 g/mol. The van der Waals surface area contributed by atoms with E-state index >= 15 is 0 Å². The second kappa shape index (κ2) is 7.42. The van der Waals surface area contributed by atoms with Crippen LogP contribution in [0.2, 0.25) is 0 Å². The SMILES string of the molecule is CCCCN(CCCC)c1ccc2c(c1)-c1cc(C)cc(C)c1C2. The Morgan fingerprint density at radius 1 is 0.875 bits per heavy atom. The van der Waals surface area contributed by atoms with E-state index in [1.807, 2.05) is 0 Å². The van der Waals surface area contributed by atoms with Crippen molar-refractivity contribution < 1.29 is 0 Å². The number of fused-ring (bicyclic) bond motifs is 3. The van der Waals surface area contributed by atoms with E-state index in [2.05, 4.69) is 62.9 Å². The second-order valence-electron chi connectivity index (χ2n) is 7.32. The zero-order valence-corrected chi connectivity index (χ0v) is 15.8. The van der Waals surface area contributed by atoms with Gasteiger partial charge in [-0.05, 0) is 73.1 Å². The number of nitrogens with zero attached hydrogens (tertiary/aromatic N) is 1. The summed E-state index contributed by atoms with van der Waals surface area (Å²) in [5, 5.41) is 0. The Kier molecular flexibility index (Phi) is 5.28. The standard InChI is InChI=1S/C23H31N/c1-5-7-11-24(12-8-6-2)20-10-9-19-15-21-18(4)13-17(3)14-23(21)22(19)16-20/h9-10,13-14,16H,5-8,11-12,15H2,1-4H3. The summed E-state index contributed by atoms with van der Waals surface area (Å²) in [6.07, 6.45) is 6.16. The van der Waals surface area contributed by atoms with Crippen molar-refractivity contribution in [2.45, 2.75) is 59.8 Å². The predicted molar refractivity (Wildman–Crippen MR) is 106 cm³/mol. The third-order valence-electron chi connectivity index (χ3n) is 5.30. The average molecular weight is 322 g/mol. The number of hydrogen-bond acceptors (Lipinski definition) is 1. The minimum atomic E-state index is 1.10. The summed E-state index contributed by atoms with van der Waals surface area (Å²) in [4.78, 5) is 2.59. The molecule has 0 saturated heterocycles. The van der Waals surface area contributed by atoms with E-state index in [-0.39, 0.29) is 0 Å². The van der Waals surface area contributed by atoms with Crippen LogP contribution in [0.25, 0.3) is 11.1 Å². The highest BCUT2D eigenvalue weighted by molar-refractivity contribution is 5.81. The van der Waals surface area contributed by atoms with Crippen molar-refractivity contribution in [2.75, 3.05) is 18.0 Å². The molecule has 2 aromatic carbocycles. The minimum absolute atomic E-state index is 1.10. The summed E-state index contributed by atoms with van der Waals surface area (Å²) < 4.78 is 0. The molecule has 2 aromatic rings. The summed E-state index contributed by atoms with van der Waals surface area (Å²) >= 11 is 0. The molecule has 24 heavy (non-hydrogen) atoms. The molecule has 0 spiro atoms. The van der Waals surface area contributed by atoms with Crippen molar-refractivity contribution in [3.05, 3.63) is 52.6 Å². The first kappa shape index (κ1) is 17.1. The van der Waals surface area contributed by atoms with Crippen LogP contribution in [0.15, 0.2) is 30.3 Å². The van der Waals surface area contributed by atoms with E-state index in [9.17, 15) is 0 Å². The van der Waals surface area contributed by atoms with Gasteiger partial charge in [0.05, 0.1) is 0 Å². The maximum Gasteiger partial charge on any atom is 0.0372 e. The molecule has 1 aliphatic rings. The van der Waals surface area contributed by atoms with Gasteiger partial charge < -0.3 is 4.90 Å². The Bertz CT molecular complexity index is 706. The second-order valence-corrected chi connectivity index (χ2v) is 7.32. The molecule has 0 N–H and O–H groups in total. The molecule has 0 bridgehead atoms. The third kappa shape index (κ3) is 3.36. The number of hydrogen-bond donors (Lipinski definition) is 0. The molecule has 0 radical (unpaired) electrons. The molecule has 0 aliphatic heterocycles. The first-order valence-electron chi connectivity index (χ1n) is 9.62. The van der Waals surface area contributed by atoms with E-state index in [4.69, 9.17) is 0 Å². The third-order valence-corrected chi connectivity index (χ3v) is 5.30. The van der Waals surface area contributed by atoms with E-state index in [0.29, 0.717) is 0 Å². The highest BCUT2D eigenvalue weighted by atomic mass is 15.1. The summed E-state index contributed by atoms with van der Waals surface area (Å²) in [6.45, 7) is 11.4. The average Bonchev–Trinajstić information content (AvgIpc) is 2.93. The van der Waals surface area contributed by atoms with Crippen LogP contribution in [-0.2, 0) is 6.42 Å². The lowest BCUT2D eigenvalue weighted by Gasteiger charge is -2.25. The smallest absolute Gasteiger partial charge is 0.0372 e. The molecular formula is C23H31N. The van der Waals surface area contributed by atoms with Crippen LogP contribution in [0.5, 0.6) is 0 Å². The lowest BCUT2D eigenvalue weighted by atomic mass is 9.99. The summed E-state index contributed by atoms with van der Waals surface area (Å²) in [5.41, 5.74) is 10.2. The van der Waals surface area contributed by atoms with Gasteiger partial charge in [-0.2, -0.15) is 0 Å². The van der Waals surface area contributed by atoms with Gasteiger partial charge in [0.1, 0.15) is 0 Å². The van der Waals surface area contributed by atoms with Crippen LogP contribution in [0.4, 0.5) is 5.69 Å². The fourth-order valence-electron chi connectivity index (χ4n) is 3.90. The molecule has 0 atom stereocenters. The molecule has 1 nitrogen and oxygen atoms in total. The van der Waals surface area contributed by atoms with E-state index in [1.54, 1.807) is 0 Å². The number of unbranched alkanes of at least 4 members (excludes halogenated alkanes) is 2. The van der Waals surface area contributed by atoms with E-state index in [0.717, 1.165) is 6.42 Å². The van der Waals surface area contributed by atoms with Crippen molar-refractivity contribution in [1.29, 1.82) is 0 Å². The lowest BCUT2D eigenvalue weighted by Crippen LogP contribution is -2.25. The molecule has 0 unspecified atom stereocenters. The number of anilines is 1. The Morgan fingerprint density at radius 3 is 2.25 bits per heavy atom. The topological polar surface area (TPSA) is 3.24 Å². The predicted octanol–water partition coefficient (Wildman–Crippen LogP) is 6.28. The van der Waals surface area contributed by atoms with Crippen molar-refractivity contribution in [3.8, 4) is 11.1 Å². The fourth-order valence-corrected chi connectivity index (χ4v) is 3.90. The zero-order chi connectivity index (χ0) is 17.1. The Labute approximate surface area is 147 Å². The highest BCUT2D eigenvalue weighted by Gasteiger charge is 2.21. The molecule has 0 fully saturated rings. The highest BCUT2D eigenvalue weighted by Crippen LogP contribution is 2.40. The molecule has 3 rings (SSSR count). The van der Waals surface area contributed by atoms with Crippen molar-refractivity contribution >= 4 is 5.69 Å². The molecule has 0 aromatic heterocycles. The van der Waals surface area contributed by atoms with E-state index < -0.39 is 0 Å². The zero-order valence-electron chi connectivity index (χ0n) is 15.8. The van der Waals surface area contributed by atoms with Crippen molar-refractivity contribution in [1.82, 2.24) is 0 Å². The molecule has 0 heterocycles. The maximum atomic E-state index is 2.59. The molecular weight excluding hydrogens is 290 g/mol. The van der Waals surface area contributed by atoms with Crippen LogP contribution < -0.4 is 4.90 Å². The first-order chi connectivity index (χ1) is 11.6. The van der Waals surface area contributed by atoms with Crippen LogP contribution in [0.1, 0.15) is 61.8 Å². The summed E-state index contributed by atoms with van der Waals surface area (Å²) in [7, 11) is 0. The van der Waals surface area contributed by atoms with Crippen LogP contribution >= 0.6 is 0 Å². The van der Waals surface area contributed by atoms with Gasteiger partial charge >= 0.3 is 0 Å². The van der Waals surface area contributed by atoms with Gasteiger partial charge in [-0.1, -0.05) is 50.5 Å². The Morgan fingerprint density at radius 2 is 1.58 bits per heavy atom. The summed E-state index contributed by atoms with van der Waals surface area (Å²) in [5.74, 6) is 0. The van der Waals surface area contributed by atoms with Gasteiger partial charge in [0.15, 0.2) is 0 Å².